The zero-order valence-corrected chi connectivity index (χ0v) is 12.5. The number of carbonyl (C=O) groups is 1. The van der Waals surface area contributed by atoms with Gasteiger partial charge in [-0.05, 0) is 37.9 Å². The molecule has 98 valence electrons. The minimum absolute atomic E-state index is 0.0896. The Morgan fingerprint density at radius 3 is 2.89 bits per heavy atom. The fourth-order valence-corrected chi connectivity index (χ4v) is 3.62. The number of carbonyl (C=O) groups excluding carboxylic acids is 1. The van der Waals surface area contributed by atoms with Gasteiger partial charge in [0.2, 0.25) is 0 Å². The summed E-state index contributed by atoms with van der Waals surface area (Å²) in [6.45, 7) is 0. The lowest BCUT2D eigenvalue weighted by Crippen LogP contribution is -2.44. The van der Waals surface area contributed by atoms with Gasteiger partial charge in [0.25, 0.3) is 5.91 Å². The Morgan fingerprint density at radius 1 is 1.72 bits per heavy atom. The van der Waals surface area contributed by atoms with Crippen LogP contribution in [0.1, 0.15) is 6.42 Å². The van der Waals surface area contributed by atoms with Crippen molar-refractivity contribution in [2.45, 2.75) is 18.1 Å². The molecule has 0 aromatic carbocycles. The number of hydrogen-bond donors (Lipinski definition) is 2. The van der Waals surface area contributed by atoms with E-state index in [-0.39, 0.29) is 12.1 Å². The number of allylic oxidation sites excluding steroid dienone is 1. The fraction of sp³-hybridized carbons (Fsp3) is 0.400. The molecule has 0 radical (unpaired) electrons. The lowest BCUT2D eigenvalue weighted by atomic mass is 9.87. The van der Waals surface area contributed by atoms with Crippen LogP contribution in [0, 0.1) is 0 Å². The number of ether oxygens (including phenoxy) is 1. The van der Waals surface area contributed by atoms with Gasteiger partial charge in [0, 0.05) is 6.42 Å². The second kappa shape index (κ2) is 4.67. The molecule has 1 aliphatic heterocycles. The van der Waals surface area contributed by atoms with Crippen molar-refractivity contribution < 1.29 is 19.5 Å². The average Bonchev–Trinajstić information content (AvgIpc) is 2.72. The highest BCUT2D eigenvalue weighted by atomic mass is 79.9. The molecule has 0 bridgehead atoms. The van der Waals surface area contributed by atoms with Crippen molar-refractivity contribution in [3.63, 3.8) is 0 Å². The van der Waals surface area contributed by atoms with Crippen LogP contribution in [0.25, 0.3) is 0 Å². The second-order valence-electron chi connectivity index (χ2n) is 3.90. The van der Waals surface area contributed by atoms with Gasteiger partial charge in [-0.3, -0.25) is 4.79 Å². The number of oxime groups is 1. The van der Waals surface area contributed by atoms with Gasteiger partial charge >= 0.3 is 0 Å². The summed E-state index contributed by atoms with van der Waals surface area (Å²) in [6.07, 6.45) is 0.681. The average molecular weight is 382 g/mol. The summed E-state index contributed by atoms with van der Waals surface area (Å²) in [6, 6.07) is 0. The number of nitrogens with two attached hydrogens (primary N) is 1. The van der Waals surface area contributed by atoms with Gasteiger partial charge in [0.15, 0.2) is 5.60 Å². The summed E-state index contributed by atoms with van der Waals surface area (Å²) >= 11 is 6.56. The smallest absolute Gasteiger partial charge is 0.266 e. The summed E-state index contributed by atoms with van der Waals surface area (Å²) in [5, 5.41) is 13.9. The van der Waals surface area contributed by atoms with Crippen LogP contribution in [0.3, 0.4) is 0 Å². The van der Waals surface area contributed by atoms with Crippen LogP contribution in [-0.4, -0.2) is 35.5 Å². The molecule has 1 heterocycles. The van der Waals surface area contributed by atoms with E-state index < -0.39 is 17.6 Å². The summed E-state index contributed by atoms with van der Waals surface area (Å²) < 4.78 is 6.15. The lowest BCUT2D eigenvalue weighted by molar-refractivity contribution is -0.112. The van der Waals surface area contributed by atoms with E-state index in [2.05, 4.69) is 37.0 Å². The van der Waals surface area contributed by atoms with Crippen LogP contribution in [0.2, 0.25) is 0 Å². The summed E-state index contributed by atoms with van der Waals surface area (Å²) in [7, 11) is 1.48. The Morgan fingerprint density at radius 2 is 2.39 bits per heavy atom. The molecule has 0 saturated heterocycles. The van der Waals surface area contributed by atoms with Crippen LogP contribution in [0.5, 0.6) is 0 Å². The van der Waals surface area contributed by atoms with E-state index in [0.29, 0.717) is 14.7 Å². The highest BCUT2D eigenvalue weighted by Crippen LogP contribution is 2.43. The van der Waals surface area contributed by atoms with Crippen LogP contribution >= 0.6 is 31.9 Å². The van der Waals surface area contributed by atoms with Crippen LogP contribution in [-0.2, 0) is 14.4 Å². The molecule has 1 aliphatic carbocycles. The van der Waals surface area contributed by atoms with Gasteiger partial charge in [-0.25, -0.2) is 0 Å². The third-order valence-electron chi connectivity index (χ3n) is 2.77. The summed E-state index contributed by atoms with van der Waals surface area (Å²) in [5.41, 5.74) is 4.10. The molecular weight excluding hydrogens is 372 g/mol. The van der Waals surface area contributed by atoms with Gasteiger partial charge in [-0.1, -0.05) is 5.16 Å². The minimum Gasteiger partial charge on any atom is -0.495 e. The zero-order valence-electron chi connectivity index (χ0n) is 9.31. The van der Waals surface area contributed by atoms with E-state index in [9.17, 15) is 9.90 Å². The van der Waals surface area contributed by atoms with Crippen molar-refractivity contribution >= 4 is 43.5 Å². The molecule has 8 heteroatoms. The van der Waals surface area contributed by atoms with E-state index in [0.717, 1.165) is 0 Å². The van der Waals surface area contributed by atoms with Gasteiger partial charge in [0.05, 0.1) is 16.1 Å². The van der Waals surface area contributed by atoms with E-state index in [4.69, 9.17) is 15.3 Å². The maximum atomic E-state index is 11.1. The number of nitrogens with zero attached hydrogens (tertiary/aromatic N) is 1. The predicted octanol–water partition coefficient (Wildman–Crippen LogP) is 0.893. The Bertz CT molecular complexity index is 500. The number of aliphatic hydroxyl groups is 1. The SMILES string of the molecule is COC1=C(Br)C(O)C2(C=C1Br)CC(C(N)=O)=NO2. The quantitative estimate of drug-likeness (QED) is 0.742. The first-order chi connectivity index (χ1) is 8.41. The van der Waals surface area contributed by atoms with Crippen molar-refractivity contribution in [3.05, 3.63) is 20.8 Å². The third-order valence-corrected chi connectivity index (χ3v) is 4.15. The molecule has 2 rings (SSSR count). The Balaban J connectivity index is 2.35. The summed E-state index contributed by atoms with van der Waals surface area (Å²) in [4.78, 5) is 16.3. The normalized spacial score (nSPS) is 31.0. The number of hydrogen-bond acceptors (Lipinski definition) is 5. The molecule has 3 N–H and O–H groups in total. The number of amides is 1. The third kappa shape index (κ3) is 1.98. The maximum Gasteiger partial charge on any atom is 0.266 e. The molecule has 0 aromatic rings. The molecule has 2 unspecified atom stereocenters. The van der Waals surface area contributed by atoms with Crippen molar-refractivity contribution in [2.24, 2.45) is 10.9 Å². The molecule has 0 saturated carbocycles. The maximum absolute atomic E-state index is 11.1. The fourth-order valence-electron chi connectivity index (χ4n) is 1.83. The highest BCUT2D eigenvalue weighted by Gasteiger charge is 2.50. The predicted molar refractivity (Wildman–Crippen MR) is 71.0 cm³/mol. The molecule has 0 fully saturated rings. The first kappa shape index (κ1) is 13.6. The molecule has 1 amide bonds. The first-order valence-corrected chi connectivity index (χ1v) is 6.55. The Hall–Kier alpha value is -0.860. The van der Waals surface area contributed by atoms with Crippen molar-refractivity contribution in [3.8, 4) is 0 Å². The molecule has 2 aliphatic rings. The van der Waals surface area contributed by atoms with E-state index >= 15 is 0 Å². The monoisotopic (exact) mass is 380 g/mol. The number of methoxy groups -OCH3 is 1. The molecule has 18 heavy (non-hydrogen) atoms. The van der Waals surface area contributed by atoms with E-state index in [1.807, 2.05) is 0 Å². The first-order valence-electron chi connectivity index (χ1n) is 4.96. The Kier molecular flexibility index (Phi) is 3.52. The highest BCUT2D eigenvalue weighted by molar-refractivity contribution is 9.12. The molecule has 6 nitrogen and oxygen atoms in total. The second-order valence-corrected chi connectivity index (χ2v) is 5.61. The van der Waals surface area contributed by atoms with Crippen LogP contribution in [0.15, 0.2) is 26.0 Å². The van der Waals surface area contributed by atoms with Crippen molar-refractivity contribution in [1.82, 2.24) is 0 Å². The van der Waals surface area contributed by atoms with Crippen LogP contribution in [0.4, 0.5) is 0 Å². The van der Waals surface area contributed by atoms with Crippen molar-refractivity contribution in [1.29, 1.82) is 0 Å². The number of primary amides is 1. The van der Waals surface area contributed by atoms with Gasteiger partial charge in [-0.2, -0.15) is 0 Å². The zero-order chi connectivity index (χ0) is 13.5. The van der Waals surface area contributed by atoms with Crippen molar-refractivity contribution in [2.75, 3.05) is 7.11 Å². The molecule has 1 spiro atoms. The largest absolute Gasteiger partial charge is 0.495 e. The minimum atomic E-state index is -1.13. The van der Waals surface area contributed by atoms with Gasteiger partial charge in [-0.15, -0.1) is 0 Å². The topological polar surface area (TPSA) is 94.1 Å². The Labute approximate surface area is 120 Å². The molecule has 0 aromatic heterocycles. The summed E-state index contributed by atoms with van der Waals surface area (Å²) in [5.74, 6) is -0.203. The number of aliphatic hydroxyl groups excluding tert-OH is 1. The number of rotatable bonds is 2. The molecule has 2 atom stereocenters. The van der Waals surface area contributed by atoms with Crippen LogP contribution < -0.4 is 5.73 Å². The van der Waals surface area contributed by atoms with Gasteiger partial charge in [0.1, 0.15) is 17.6 Å². The van der Waals surface area contributed by atoms with Gasteiger partial charge < -0.3 is 20.4 Å². The van der Waals surface area contributed by atoms with E-state index in [1.54, 1.807) is 6.08 Å². The molecular formula is C10H10Br2N2O4. The number of halogens is 2. The lowest BCUT2D eigenvalue weighted by Gasteiger charge is -2.33. The van der Waals surface area contributed by atoms with E-state index in [1.165, 1.54) is 7.11 Å². The standard InChI is InChI=1S/C10H10Br2N2O4/c1-17-7-4(11)2-10(8(15)6(7)12)3-5(9(13)16)14-18-10/h2,8,15H,3H2,1H3,(H2,13,16).